The summed E-state index contributed by atoms with van der Waals surface area (Å²) >= 11 is 3.59. The Hall–Kier alpha value is 0.620. The van der Waals surface area contributed by atoms with Gasteiger partial charge in [0.2, 0.25) is 0 Å². The predicted molar refractivity (Wildman–Crippen MR) is 47.6 cm³/mol. The molecule has 0 spiro atoms. The van der Waals surface area contributed by atoms with Crippen LogP contribution in [0, 0.1) is 0 Å². The van der Waals surface area contributed by atoms with E-state index in [0.29, 0.717) is 5.02 Å². The first kappa shape index (κ1) is 11.6. The Morgan fingerprint density at radius 3 is 2.27 bits per heavy atom. The van der Waals surface area contributed by atoms with Gasteiger partial charge in [0.15, 0.2) is 11.1 Å². The van der Waals surface area contributed by atoms with Crippen LogP contribution in [0.1, 0.15) is 0 Å². The zero-order valence-corrected chi connectivity index (χ0v) is 6.52. The Kier molecular flexibility index (Phi) is 5.60. The average molecular weight is 201 g/mol. The first-order valence-electron chi connectivity index (χ1n) is 2.57. The van der Waals surface area contributed by atoms with Crippen LogP contribution >= 0.6 is 11.6 Å². The van der Waals surface area contributed by atoms with E-state index in [1.807, 2.05) is 0 Å². The van der Waals surface area contributed by atoms with Gasteiger partial charge in [0.05, 0.1) is 9.92 Å². The molecule has 0 saturated heterocycles. The average Bonchev–Trinajstić information content (AvgIpc) is 1.88. The van der Waals surface area contributed by atoms with Crippen molar-refractivity contribution in [2.45, 2.75) is 4.90 Å². The Morgan fingerprint density at radius 1 is 1.36 bits per heavy atom. The first-order valence-corrected chi connectivity index (χ1v) is 4.05. The molecule has 0 aliphatic carbocycles. The van der Waals surface area contributed by atoms with Crippen LogP contribution < -0.4 is 0 Å². The van der Waals surface area contributed by atoms with Crippen molar-refractivity contribution < 1.29 is 8.76 Å². The van der Waals surface area contributed by atoms with Crippen molar-refractivity contribution in [1.82, 2.24) is 0 Å². The van der Waals surface area contributed by atoms with E-state index in [1.54, 1.807) is 18.2 Å². The quantitative estimate of drug-likeness (QED) is 0.548. The Labute approximate surface area is 94.5 Å². The summed E-state index contributed by atoms with van der Waals surface area (Å²) in [6, 6.07) is 6.46. The molecule has 11 heavy (non-hydrogen) atoms. The van der Waals surface area contributed by atoms with Crippen LogP contribution in [0.5, 0.6) is 0 Å². The van der Waals surface area contributed by atoms with E-state index in [-0.39, 0.29) is 34.5 Å². The van der Waals surface area contributed by atoms with Crippen molar-refractivity contribution in [3.05, 3.63) is 29.3 Å². The number of rotatable bonds is 1. The SMILES string of the molecule is O=S(O)c1ccccc1Cl.[NaH]. The van der Waals surface area contributed by atoms with Crippen LogP contribution in [0.3, 0.4) is 0 Å². The van der Waals surface area contributed by atoms with Crippen molar-refractivity contribution in [2.75, 3.05) is 0 Å². The zero-order chi connectivity index (χ0) is 7.56. The van der Waals surface area contributed by atoms with Gasteiger partial charge in [0, 0.05) is 0 Å². The van der Waals surface area contributed by atoms with E-state index in [1.165, 1.54) is 6.07 Å². The molecule has 1 N–H and O–H groups in total. The Balaban J connectivity index is 0.000001000. The summed E-state index contributed by atoms with van der Waals surface area (Å²) in [5.74, 6) is 0. The minimum atomic E-state index is -1.97. The summed E-state index contributed by atoms with van der Waals surface area (Å²) in [6.45, 7) is 0. The first-order chi connectivity index (χ1) is 4.72. The molecule has 1 atom stereocenters. The molecule has 1 aromatic rings. The predicted octanol–water partition coefficient (Wildman–Crippen LogP) is 1.27. The van der Waals surface area contributed by atoms with Gasteiger partial charge in [-0.3, -0.25) is 0 Å². The van der Waals surface area contributed by atoms with Gasteiger partial charge in [-0.25, -0.2) is 4.21 Å². The molecule has 0 aromatic heterocycles. The second-order valence-electron chi connectivity index (χ2n) is 1.68. The van der Waals surface area contributed by atoms with Crippen LogP contribution in [0.15, 0.2) is 29.2 Å². The summed E-state index contributed by atoms with van der Waals surface area (Å²) in [4.78, 5) is 0.254. The van der Waals surface area contributed by atoms with Gasteiger partial charge in [-0.2, -0.15) is 0 Å². The van der Waals surface area contributed by atoms with E-state index in [0.717, 1.165) is 0 Å². The van der Waals surface area contributed by atoms with Crippen molar-refractivity contribution in [3.8, 4) is 0 Å². The third-order valence-electron chi connectivity index (χ3n) is 1.02. The summed E-state index contributed by atoms with van der Waals surface area (Å²) in [5.41, 5.74) is 0. The molecule has 56 valence electrons. The second kappa shape index (κ2) is 5.30. The van der Waals surface area contributed by atoms with Gasteiger partial charge < -0.3 is 4.55 Å². The standard InChI is InChI=1S/C6H5ClO2S.Na.H/c7-5-3-1-2-4-6(5)10(8)9;;/h1-4H,(H,8,9);;. The van der Waals surface area contributed by atoms with Gasteiger partial charge in [0.1, 0.15) is 0 Å². The molecular formula is C6H6ClNaO2S. The molecule has 1 aromatic carbocycles. The molecule has 1 rings (SSSR count). The van der Waals surface area contributed by atoms with Crippen molar-refractivity contribution in [1.29, 1.82) is 0 Å². The number of halogens is 1. The molecule has 0 radical (unpaired) electrons. The van der Waals surface area contributed by atoms with Crippen LogP contribution in [0.25, 0.3) is 0 Å². The fourth-order valence-electron chi connectivity index (χ4n) is 0.586. The van der Waals surface area contributed by atoms with Crippen molar-refractivity contribution in [2.24, 2.45) is 0 Å². The van der Waals surface area contributed by atoms with Crippen LogP contribution in [0.2, 0.25) is 5.02 Å². The number of hydrogen-bond acceptors (Lipinski definition) is 1. The summed E-state index contributed by atoms with van der Waals surface area (Å²) in [6.07, 6.45) is 0. The number of hydrogen-bond donors (Lipinski definition) is 1. The molecule has 0 aliphatic rings. The summed E-state index contributed by atoms with van der Waals surface area (Å²) in [5, 5.41) is 0.323. The molecule has 0 bridgehead atoms. The molecule has 0 heterocycles. The second-order valence-corrected chi connectivity index (χ2v) is 3.02. The molecule has 0 fully saturated rings. The molecule has 5 heteroatoms. The fourth-order valence-corrected chi connectivity index (χ4v) is 1.35. The molecule has 1 unspecified atom stereocenters. The molecule has 0 amide bonds. The third-order valence-corrected chi connectivity index (χ3v) is 2.20. The maximum atomic E-state index is 10.4. The monoisotopic (exact) mass is 200 g/mol. The van der Waals surface area contributed by atoms with Gasteiger partial charge in [-0.15, -0.1) is 0 Å². The number of benzene rings is 1. The molecule has 0 saturated carbocycles. The van der Waals surface area contributed by atoms with Gasteiger partial charge >= 0.3 is 29.6 Å². The Bertz CT molecular complexity index is 267. The molecular weight excluding hydrogens is 195 g/mol. The van der Waals surface area contributed by atoms with Gasteiger partial charge in [0.25, 0.3) is 0 Å². The van der Waals surface area contributed by atoms with Gasteiger partial charge in [-0.1, -0.05) is 23.7 Å². The molecule has 2 nitrogen and oxygen atoms in total. The van der Waals surface area contributed by atoms with E-state index >= 15 is 0 Å². The topological polar surface area (TPSA) is 37.3 Å². The van der Waals surface area contributed by atoms with Crippen molar-refractivity contribution in [3.63, 3.8) is 0 Å². The van der Waals surface area contributed by atoms with Crippen molar-refractivity contribution >= 4 is 52.2 Å². The third kappa shape index (κ3) is 3.23. The van der Waals surface area contributed by atoms with E-state index < -0.39 is 11.1 Å². The Morgan fingerprint density at radius 2 is 1.91 bits per heavy atom. The fraction of sp³-hybridized carbons (Fsp3) is 0. The summed E-state index contributed by atoms with van der Waals surface area (Å²) < 4.78 is 19.0. The van der Waals surface area contributed by atoms with Gasteiger partial charge in [-0.05, 0) is 12.1 Å². The van der Waals surface area contributed by atoms with E-state index in [2.05, 4.69) is 0 Å². The van der Waals surface area contributed by atoms with E-state index in [4.69, 9.17) is 16.2 Å². The zero-order valence-electron chi connectivity index (χ0n) is 4.95. The maximum absolute atomic E-state index is 10.4. The summed E-state index contributed by atoms with van der Waals surface area (Å²) in [7, 11) is 0. The van der Waals surface area contributed by atoms with E-state index in [9.17, 15) is 4.21 Å². The van der Waals surface area contributed by atoms with Crippen LogP contribution in [-0.4, -0.2) is 38.3 Å². The molecule has 0 aliphatic heterocycles. The van der Waals surface area contributed by atoms with Crippen LogP contribution in [-0.2, 0) is 11.1 Å². The van der Waals surface area contributed by atoms with Crippen LogP contribution in [0.4, 0.5) is 0 Å². The normalized spacial score (nSPS) is 11.8. The minimum absolute atomic E-state index is 0.